The fraction of sp³-hybridized carbons (Fsp3) is 0.111. The van der Waals surface area contributed by atoms with Crippen molar-refractivity contribution in [2.75, 3.05) is 0 Å². The molecule has 0 aliphatic carbocycles. The first-order valence-electron chi connectivity index (χ1n) is 9.66. The second-order valence-corrected chi connectivity index (χ2v) is 8.82. The molecule has 0 aliphatic rings. The van der Waals surface area contributed by atoms with E-state index in [-0.39, 0.29) is 0 Å². The molecule has 0 bridgehead atoms. The highest BCUT2D eigenvalue weighted by molar-refractivity contribution is 7.80. The van der Waals surface area contributed by atoms with Gasteiger partial charge in [0.1, 0.15) is 0 Å². The van der Waals surface area contributed by atoms with E-state index in [2.05, 4.69) is 92.5 Å². The van der Waals surface area contributed by atoms with E-state index in [1.54, 1.807) is 0 Å². The first kappa shape index (κ1) is 20.1. The highest BCUT2D eigenvalue weighted by Crippen LogP contribution is 2.37. The van der Waals surface area contributed by atoms with Crippen LogP contribution in [0.3, 0.4) is 0 Å². The van der Waals surface area contributed by atoms with Crippen molar-refractivity contribution in [3.8, 4) is 0 Å². The first-order chi connectivity index (χ1) is 13.8. The molecule has 0 heterocycles. The lowest BCUT2D eigenvalue weighted by molar-refractivity contribution is 1.29. The highest BCUT2D eigenvalue weighted by Gasteiger charge is 2.23. The van der Waals surface area contributed by atoms with Crippen molar-refractivity contribution in [3.05, 3.63) is 127 Å². The molecule has 140 valence electrons. The number of hydrogen-bond acceptors (Lipinski definition) is 0. The molecule has 0 spiro atoms. The third kappa shape index (κ3) is 4.41. The number of allylic oxidation sites excluding steroid dienone is 3. The van der Waals surface area contributed by atoms with Gasteiger partial charge in [-0.1, -0.05) is 91.0 Å². The van der Waals surface area contributed by atoms with E-state index in [9.17, 15) is 0 Å². The summed E-state index contributed by atoms with van der Waals surface area (Å²) >= 11 is 0. The normalized spacial score (nSPS) is 10.6. The highest BCUT2D eigenvalue weighted by atomic mass is 31.1. The van der Waals surface area contributed by atoms with E-state index in [1.165, 1.54) is 32.6 Å². The minimum absolute atomic E-state index is 0.686. The molecule has 0 amide bonds. The summed E-state index contributed by atoms with van der Waals surface area (Å²) in [4.78, 5) is 0. The number of benzene rings is 3. The molecule has 0 saturated carbocycles. The van der Waals surface area contributed by atoms with Crippen molar-refractivity contribution in [1.29, 1.82) is 0 Å². The lowest BCUT2D eigenvalue weighted by Gasteiger charge is -2.26. The van der Waals surface area contributed by atoms with Crippen molar-refractivity contribution < 1.29 is 0 Å². The molecular formula is C27H27P. The van der Waals surface area contributed by atoms with Crippen molar-refractivity contribution in [3.63, 3.8) is 0 Å². The van der Waals surface area contributed by atoms with Gasteiger partial charge in [-0.2, -0.15) is 0 Å². The summed E-state index contributed by atoms with van der Waals surface area (Å²) in [5.74, 6) is 0. The van der Waals surface area contributed by atoms with Crippen LogP contribution >= 0.6 is 7.92 Å². The van der Waals surface area contributed by atoms with Crippen LogP contribution in [-0.2, 0) is 19.3 Å². The molecule has 0 aliphatic heterocycles. The Morgan fingerprint density at radius 1 is 0.500 bits per heavy atom. The Morgan fingerprint density at radius 2 is 0.786 bits per heavy atom. The van der Waals surface area contributed by atoms with Gasteiger partial charge < -0.3 is 0 Å². The SMILES string of the molecule is C=CCc1ccccc1P(c1ccccc1CC=C)c1ccccc1CC=C. The molecule has 0 saturated heterocycles. The van der Waals surface area contributed by atoms with Crippen LogP contribution in [0.15, 0.2) is 111 Å². The second kappa shape index (κ2) is 10.0. The Kier molecular flexibility index (Phi) is 7.18. The summed E-state index contributed by atoms with van der Waals surface area (Å²) in [6, 6.07) is 26.4. The predicted octanol–water partition coefficient (Wildman–Crippen LogP) is 5.63. The van der Waals surface area contributed by atoms with Crippen LogP contribution in [-0.4, -0.2) is 0 Å². The quantitative estimate of drug-likeness (QED) is 0.332. The van der Waals surface area contributed by atoms with Gasteiger partial charge >= 0.3 is 0 Å². The molecule has 3 aromatic carbocycles. The first-order valence-corrected chi connectivity index (χ1v) is 11.0. The van der Waals surface area contributed by atoms with Crippen molar-refractivity contribution in [2.24, 2.45) is 0 Å². The van der Waals surface area contributed by atoms with Gasteiger partial charge in [-0.15, -0.1) is 19.7 Å². The van der Waals surface area contributed by atoms with Crippen LogP contribution in [0.2, 0.25) is 0 Å². The molecule has 0 atom stereocenters. The molecule has 1 heteroatoms. The van der Waals surface area contributed by atoms with Gasteiger partial charge in [-0.25, -0.2) is 0 Å². The summed E-state index contributed by atoms with van der Waals surface area (Å²) in [5, 5.41) is 4.22. The van der Waals surface area contributed by atoms with Gasteiger partial charge in [0.05, 0.1) is 0 Å². The Bertz CT molecular complexity index is 840. The summed E-state index contributed by atoms with van der Waals surface area (Å²) in [6.07, 6.45) is 8.62. The molecule has 0 aromatic heterocycles. The number of hydrogen-bond donors (Lipinski definition) is 0. The zero-order valence-corrected chi connectivity index (χ0v) is 17.2. The standard InChI is InChI=1S/C27H27P/c1-4-13-22-16-7-10-19-25(22)28(26-20-11-8-17-23(26)14-5-2)27-21-12-9-18-24(27)15-6-3/h4-12,16-21H,1-3,13-15H2. The van der Waals surface area contributed by atoms with Crippen LogP contribution < -0.4 is 15.9 Å². The molecule has 0 unspecified atom stereocenters. The molecular weight excluding hydrogens is 355 g/mol. The van der Waals surface area contributed by atoms with E-state index in [4.69, 9.17) is 0 Å². The van der Waals surface area contributed by atoms with E-state index in [0.29, 0.717) is 0 Å². The number of rotatable bonds is 9. The Labute approximate surface area is 170 Å². The fourth-order valence-corrected chi connectivity index (χ4v) is 6.40. The van der Waals surface area contributed by atoms with E-state index in [0.717, 1.165) is 19.3 Å². The molecule has 0 fully saturated rings. The summed E-state index contributed by atoms with van der Waals surface area (Å²) < 4.78 is 0. The lowest BCUT2D eigenvalue weighted by atomic mass is 10.1. The van der Waals surface area contributed by atoms with Gasteiger partial charge in [-0.05, 0) is 59.8 Å². The van der Waals surface area contributed by atoms with E-state index >= 15 is 0 Å². The molecule has 3 rings (SSSR count). The van der Waals surface area contributed by atoms with Crippen LogP contribution in [0, 0.1) is 0 Å². The van der Waals surface area contributed by atoms with Gasteiger partial charge in [0.15, 0.2) is 0 Å². The molecule has 0 radical (unpaired) electrons. The minimum atomic E-state index is -0.686. The maximum absolute atomic E-state index is 3.98. The summed E-state index contributed by atoms with van der Waals surface area (Å²) in [5.41, 5.74) is 4.06. The maximum Gasteiger partial charge on any atom is -0.00936 e. The summed E-state index contributed by atoms with van der Waals surface area (Å²) in [6.45, 7) is 11.9. The predicted molar refractivity (Wildman–Crippen MR) is 127 cm³/mol. The Morgan fingerprint density at radius 3 is 1.07 bits per heavy atom. The third-order valence-electron chi connectivity index (χ3n) is 4.79. The van der Waals surface area contributed by atoms with Crippen molar-refractivity contribution in [2.45, 2.75) is 19.3 Å². The summed E-state index contributed by atoms with van der Waals surface area (Å²) in [7, 11) is -0.686. The van der Waals surface area contributed by atoms with E-state index in [1.807, 2.05) is 18.2 Å². The monoisotopic (exact) mass is 382 g/mol. The second-order valence-electron chi connectivity index (χ2n) is 6.70. The largest absolute Gasteiger partial charge is 0.103 e. The molecule has 0 N–H and O–H groups in total. The average molecular weight is 382 g/mol. The smallest absolute Gasteiger partial charge is 0.00936 e. The zero-order chi connectivity index (χ0) is 19.8. The van der Waals surface area contributed by atoms with Crippen molar-refractivity contribution in [1.82, 2.24) is 0 Å². The molecule has 3 aromatic rings. The topological polar surface area (TPSA) is 0 Å². The van der Waals surface area contributed by atoms with Crippen molar-refractivity contribution >= 4 is 23.8 Å². The molecule has 0 nitrogen and oxygen atoms in total. The Hall–Kier alpha value is -2.69. The lowest BCUT2D eigenvalue weighted by Crippen LogP contribution is -2.27. The average Bonchev–Trinajstić information content (AvgIpc) is 2.72. The third-order valence-corrected chi connectivity index (χ3v) is 7.54. The van der Waals surface area contributed by atoms with Crippen LogP contribution in [0.4, 0.5) is 0 Å². The Balaban J connectivity index is 2.29. The van der Waals surface area contributed by atoms with Crippen LogP contribution in [0.25, 0.3) is 0 Å². The molecule has 28 heavy (non-hydrogen) atoms. The van der Waals surface area contributed by atoms with Crippen LogP contribution in [0.5, 0.6) is 0 Å². The van der Waals surface area contributed by atoms with Crippen LogP contribution in [0.1, 0.15) is 16.7 Å². The minimum Gasteiger partial charge on any atom is -0.103 e. The van der Waals surface area contributed by atoms with Gasteiger partial charge in [0.2, 0.25) is 0 Å². The van der Waals surface area contributed by atoms with E-state index < -0.39 is 7.92 Å². The maximum atomic E-state index is 3.98. The fourth-order valence-electron chi connectivity index (χ4n) is 3.56. The van der Waals surface area contributed by atoms with Gasteiger partial charge in [0, 0.05) is 0 Å². The van der Waals surface area contributed by atoms with Gasteiger partial charge in [-0.3, -0.25) is 0 Å². The zero-order valence-electron chi connectivity index (χ0n) is 16.4. The van der Waals surface area contributed by atoms with Gasteiger partial charge in [0.25, 0.3) is 0 Å².